The number of fused-ring (bicyclic) bond motifs is 1. The van der Waals surface area contributed by atoms with Crippen LogP contribution in [0.2, 0.25) is 0 Å². The Bertz CT molecular complexity index is 975. The third kappa shape index (κ3) is 5.14. The summed E-state index contributed by atoms with van der Waals surface area (Å²) in [6, 6.07) is 11.2. The summed E-state index contributed by atoms with van der Waals surface area (Å²) in [6.45, 7) is 1.36. The Morgan fingerprint density at radius 2 is 1.90 bits per heavy atom. The van der Waals surface area contributed by atoms with Crippen LogP contribution in [-0.4, -0.2) is 42.7 Å². The smallest absolute Gasteiger partial charge is 0.340 e. The van der Waals surface area contributed by atoms with Crippen LogP contribution in [0, 0.1) is 0 Å². The number of esters is 2. The topological polar surface area (TPSA) is 111 Å². The number of amides is 2. The Labute approximate surface area is 170 Å². The van der Waals surface area contributed by atoms with Crippen molar-refractivity contribution in [3.05, 3.63) is 53.6 Å². The average molecular weight is 414 g/mol. The Kier molecular flexibility index (Phi) is 6.50. The van der Waals surface area contributed by atoms with Crippen molar-refractivity contribution in [3.8, 4) is 0 Å². The van der Waals surface area contributed by atoms with Crippen molar-refractivity contribution < 1.29 is 28.7 Å². The molecule has 1 aliphatic rings. The van der Waals surface area contributed by atoms with Crippen LogP contribution < -0.4 is 10.6 Å². The lowest BCUT2D eigenvalue weighted by molar-refractivity contribution is -0.119. The molecule has 0 aliphatic carbocycles. The monoisotopic (exact) mass is 414 g/mol. The van der Waals surface area contributed by atoms with Crippen molar-refractivity contribution >= 4 is 46.9 Å². The largest absolute Gasteiger partial charge is 0.462 e. The van der Waals surface area contributed by atoms with Gasteiger partial charge in [-0.3, -0.25) is 9.59 Å². The molecule has 2 N–H and O–H groups in total. The van der Waals surface area contributed by atoms with Crippen molar-refractivity contribution in [1.82, 2.24) is 0 Å². The number of rotatable bonds is 6. The maximum atomic E-state index is 12.2. The van der Waals surface area contributed by atoms with Gasteiger partial charge in [0.05, 0.1) is 34.9 Å². The minimum atomic E-state index is -0.702. The van der Waals surface area contributed by atoms with E-state index in [1.54, 1.807) is 37.3 Å². The molecule has 0 aromatic heterocycles. The molecule has 0 fully saturated rings. The first-order valence-electron chi connectivity index (χ1n) is 8.77. The summed E-state index contributed by atoms with van der Waals surface area (Å²) in [5.74, 6) is -1.69. The Hall–Kier alpha value is -3.33. The van der Waals surface area contributed by atoms with E-state index in [1.807, 2.05) is 0 Å². The van der Waals surface area contributed by atoms with Gasteiger partial charge in [-0.1, -0.05) is 12.1 Å². The normalized spacial score (nSPS) is 12.4. The van der Waals surface area contributed by atoms with Gasteiger partial charge in [-0.15, -0.1) is 11.8 Å². The molecule has 0 unspecified atom stereocenters. The minimum absolute atomic E-state index is 0.146. The minimum Gasteiger partial charge on any atom is -0.462 e. The van der Waals surface area contributed by atoms with Crippen LogP contribution in [0.3, 0.4) is 0 Å². The molecule has 0 atom stereocenters. The number of ether oxygens (including phenoxy) is 2. The molecule has 0 saturated carbocycles. The highest BCUT2D eigenvalue weighted by molar-refractivity contribution is 8.00. The first kappa shape index (κ1) is 20.4. The van der Waals surface area contributed by atoms with E-state index in [2.05, 4.69) is 10.6 Å². The average Bonchev–Trinajstić information content (AvgIpc) is 2.72. The molecule has 29 heavy (non-hydrogen) atoms. The lowest BCUT2D eigenvalue weighted by atomic mass is 10.2. The number of thioether (sulfide) groups is 1. The number of benzene rings is 2. The van der Waals surface area contributed by atoms with Crippen molar-refractivity contribution in [2.75, 3.05) is 29.6 Å². The third-order valence-corrected chi connectivity index (χ3v) is 4.95. The lowest BCUT2D eigenvalue weighted by Gasteiger charge is -2.16. The first-order valence-corrected chi connectivity index (χ1v) is 9.76. The fourth-order valence-corrected chi connectivity index (χ4v) is 3.38. The maximum absolute atomic E-state index is 12.2. The van der Waals surface area contributed by atoms with E-state index in [0.717, 1.165) is 4.90 Å². The van der Waals surface area contributed by atoms with Gasteiger partial charge in [0.2, 0.25) is 5.91 Å². The van der Waals surface area contributed by atoms with Gasteiger partial charge in [0.15, 0.2) is 6.61 Å². The predicted molar refractivity (Wildman–Crippen MR) is 107 cm³/mol. The van der Waals surface area contributed by atoms with E-state index in [9.17, 15) is 19.2 Å². The molecule has 0 saturated heterocycles. The van der Waals surface area contributed by atoms with Crippen LogP contribution in [0.25, 0.3) is 0 Å². The summed E-state index contributed by atoms with van der Waals surface area (Å²) in [6.07, 6.45) is 0. The van der Waals surface area contributed by atoms with Gasteiger partial charge in [0.25, 0.3) is 5.91 Å². The molecular formula is C20H18N2O6S. The zero-order valence-electron chi connectivity index (χ0n) is 15.5. The van der Waals surface area contributed by atoms with E-state index in [0.29, 0.717) is 11.4 Å². The zero-order chi connectivity index (χ0) is 20.8. The first-order chi connectivity index (χ1) is 14.0. The van der Waals surface area contributed by atoms with Crippen molar-refractivity contribution in [2.24, 2.45) is 0 Å². The van der Waals surface area contributed by atoms with Crippen molar-refractivity contribution in [3.63, 3.8) is 0 Å². The molecule has 2 aromatic carbocycles. The van der Waals surface area contributed by atoms with Crippen molar-refractivity contribution in [1.29, 1.82) is 0 Å². The van der Waals surface area contributed by atoms with Crippen LogP contribution in [0.5, 0.6) is 0 Å². The van der Waals surface area contributed by atoms with Gasteiger partial charge in [-0.05, 0) is 37.3 Å². The van der Waals surface area contributed by atoms with E-state index in [4.69, 9.17) is 9.47 Å². The zero-order valence-corrected chi connectivity index (χ0v) is 16.3. The molecule has 3 rings (SSSR count). The molecule has 2 aromatic rings. The fourth-order valence-electron chi connectivity index (χ4n) is 2.59. The van der Waals surface area contributed by atoms with Gasteiger partial charge < -0.3 is 20.1 Å². The van der Waals surface area contributed by atoms with Gasteiger partial charge in [0, 0.05) is 4.90 Å². The number of hydrogen-bond donors (Lipinski definition) is 2. The number of hydrogen-bond acceptors (Lipinski definition) is 7. The number of para-hydroxylation sites is 1. The number of nitrogens with one attached hydrogen (secondary N) is 2. The highest BCUT2D eigenvalue weighted by atomic mass is 32.2. The Morgan fingerprint density at radius 1 is 1.10 bits per heavy atom. The second-order valence-electron chi connectivity index (χ2n) is 5.94. The highest BCUT2D eigenvalue weighted by Crippen LogP contribution is 2.32. The second kappa shape index (κ2) is 9.24. The molecule has 1 aliphatic heterocycles. The number of anilines is 2. The highest BCUT2D eigenvalue weighted by Gasteiger charge is 2.19. The summed E-state index contributed by atoms with van der Waals surface area (Å²) in [7, 11) is 0. The molecule has 0 spiro atoms. The fraction of sp³-hybridized carbons (Fsp3) is 0.200. The summed E-state index contributed by atoms with van der Waals surface area (Å²) in [5, 5.41) is 5.22. The quantitative estimate of drug-likeness (QED) is 0.699. The van der Waals surface area contributed by atoms with Gasteiger partial charge in [-0.2, -0.15) is 0 Å². The van der Waals surface area contributed by atoms with Gasteiger partial charge in [0.1, 0.15) is 0 Å². The van der Waals surface area contributed by atoms with E-state index in [1.165, 1.54) is 23.9 Å². The molecule has 150 valence electrons. The lowest BCUT2D eigenvalue weighted by Crippen LogP contribution is -2.23. The van der Waals surface area contributed by atoms with Crippen LogP contribution >= 0.6 is 11.8 Å². The second-order valence-corrected chi connectivity index (χ2v) is 6.96. The molecule has 9 heteroatoms. The summed E-state index contributed by atoms with van der Waals surface area (Å²) in [5.41, 5.74) is 1.22. The van der Waals surface area contributed by atoms with Gasteiger partial charge >= 0.3 is 11.9 Å². The summed E-state index contributed by atoms with van der Waals surface area (Å²) < 4.78 is 9.99. The Balaban J connectivity index is 1.60. The van der Waals surface area contributed by atoms with Gasteiger partial charge in [-0.25, -0.2) is 9.59 Å². The summed E-state index contributed by atoms with van der Waals surface area (Å²) in [4.78, 5) is 48.7. The predicted octanol–water partition coefficient (Wildman–Crippen LogP) is 2.70. The SMILES string of the molecule is CCOC(=O)c1ccccc1NC(=O)COC(=O)c1ccc2c(c1)NC(=O)CS2. The van der Waals surface area contributed by atoms with E-state index in [-0.39, 0.29) is 29.3 Å². The van der Waals surface area contributed by atoms with Crippen LogP contribution in [0.1, 0.15) is 27.6 Å². The van der Waals surface area contributed by atoms with Crippen molar-refractivity contribution in [2.45, 2.75) is 11.8 Å². The molecule has 0 bridgehead atoms. The molecule has 0 radical (unpaired) electrons. The van der Waals surface area contributed by atoms with Crippen LogP contribution in [0.15, 0.2) is 47.4 Å². The maximum Gasteiger partial charge on any atom is 0.340 e. The molecule has 1 heterocycles. The van der Waals surface area contributed by atoms with Crippen LogP contribution in [0.4, 0.5) is 11.4 Å². The summed E-state index contributed by atoms with van der Waals surface area (Å²) >= 11 is 1.38. The van der Waals surface area contributed by atoms with E-state index >= 15 is 0 Å². The molecule has 8 nitrogen and oxygen atoms in total. The standard InChI is InChI=1S/C20H18N2O6S/c1-2-27-20(26)13-5-3-4-6-14(13)21-17(23)10-28-19(25)12-7-8-16-15(9-12)22-18(24)11-29-16/h3-9H,2,10-11H2,1H3,(H,21,23)(H,22,24). The molecule has 2 amide bonds. The number of carbonyl (C=O) groups is 4. The number of carbonyl (C=O) groups excluding carboxylic acids is 4. The Morgan fingerprint density at radius 3 is 2.69 bits per heavy atom. The molecular weight excluding hydrogens is 396 g/mol. The third-order valence-electron chi connectivity index (χ3n) is 3.88. The van der Waals surface area contributed by atoms with Crippen LogP contribution in [-0.2, 0) is 19.1 Å². The van der Waals surface area contributed by atoms with E-state index < -0.39 is 24.5 Å².